The van der Waals surface area contributed by atoms with Crippen molar-refractivity contribution in [2.24, 2.45) is 0 Å². The summed E-state index contributed by atoms with van der Waals surface area (Å²) in [5.41, 5.74) is 5.14. The van der Waals surface area contributed by atoms with Crippen molar-refractivity contribution in [2.45, 2.75) is 0 Å². The lowest BCUT2D eigenvalue weighted by molar-refractivity contribution is 0.487. The van der Waals surface area contributed by atoms with E-state index in [1.165, 1.54) is 0 Å². The van der Waals surface area contributed by atoms with E-state index in [-0.39, 0.29) is 29.7 Å². The van der Waals surface area contributed by atoms with E-state index < -0.39 is 6.04 Å². The number of rotatable bonds is 2. The molecule has 1 heterocycles. The smallest absolute Gasteiger partial charge is 0.135 e. The Kier molecular flexibility index (Phi) is 3.76. The summed E-state index contributed by atoms with van der Waals surface area (Å²) in [6.07, 6.45) is 0. The monoisotopic (exact) mass is 525 g/mol. The van der Waals surface area contributed by atoms with Crippen LogP contribution in [-0.2, 0) is 0 Å². The Morgan fingerprint density at radius 3 is 2.20 bits per heavy atom. The van der Waals surface area contributed by atoms with Crippen molar-refractivity contribution in [3.05, 3.63) is 145 Å². The summed E-state index contributed by atoms with van der Waals surface area (Å²) in [5.74, 6) is 1.68. The molecule has 8 aromatic carbocycles. The fourth-order valence-corrected chi connectivity index (χ4v) is 6.52. The van der Waals surface area contributed by atoms with E-state index in [2.05, 4.69) is 60.7 Å². The third-order valence-electron chi connectivity index (χ3n) is 8.32. The van der Waals surface area contributed by atoms with Crippen LogP contribution in [0, 0.1) is 0 Å². The van der Waals surface area contributed by atoms with Gasteiger partial charge in [0.05, 0.1) is 6.85 Å². The minimum atomic E-state index is -0.398. The standard InChI is InChI=1S/C40H24O/c1-2-10-26(11-3-1)39-31-19-18-27(23-28(31)24-36-29-12-5-4-9-25(29)17-20-35(36)39)30-21-22-38-40-33(30)14-8-15-34(40)32-13-6-7-16-37(32)41-38/h1-24H/i1D,2D,3D,10D,11D. The first-order valence-corrected chi connectivity index (χ1v) is 13.7. The minimum Gasteiger partial charge on any atom is -0.456 e. The highest BCUT2D eigenvalue weighted by atomic mass is 16.5. The van der Waals surface area contributed by atoms with E-state index in [9.17, 15) is 0 Å². The summed E-state index contributed by atoms with van der Waals surface area (Å²) < 4.78 is 49.2. The quantitative estimate of drug-likeness (QED) is 0.161. The Bertz CT molecular complexity index is 2600. The van der Waals surface area contributed by atoms with Crippen molar-refractivity contribution in [1.82, 2.24) is 0 Å². The van der Waals surface area contributed by atoms with Gasteiger partial charge in [-0.05, 0) is 89.8 Å². The first-order valence-electron chi connectivity index (χ1n) is 16.2. The number of ether oxygens (including phenoxy) is 1. The molecule has 0 bridgehead atoms. The molecule has 0 unspecified atom stereocenters. The lowest BCUT2D eigenvalue weighted by Gasteiger charge is -2.22. The van der Waals surface area contributed by atoms with Crippen LogP contribution in [0.3, 0.4) is 0 Å². The fraction of sp³-hybridized carbons (Fsp3) is 0. The van der Waals surface area contributed by atoms with E-state index in [4.69, 9.17) is 11.6 Å². The van der Waals surface area contributed by atoms with Crippen LogP contribution in [0.2, 0.25) is 0 Å². The average Bonchev–Trinajstić information content (AvgIpc) is 3.09. The molecule has 0 atom stereocenters. The van der Waals surface area contributed by atoms with Gasteiger partial charge < -0.3 is 4.74 Å². The van der Waals surface area contributed by atoms with Gasteiger partial charge in [-0.15, -0.1) is 0 Å². The normalized spacial score (nSPS) is 13.8. The van der Waals surface area contributed by atoms with Crippen LogP contribution >= 0.6 is 0 Å². The highest BCUT2D eigenvalue weighted by Gasteiger charge is 2.21. The molecule has 0 spiro atoms. The fourth-order valence-electron chi connectivity index (χ4n) is 6.52. The van der Waals surface area contributed by atoms with Gasteiger partial charge in [0.25, 0.3) is 0 Å². The van der Waals surface area contributed by atoms with Crippen LogP contribution in [-0.4, -0.2) is 0 Å². The van der Waals surface area contributed by atoms with Gasteiger partial charge in [-0.25, -0.2) is 0 Å². The van der Waals surface area contributed by atoms with Gasteiger partial charge in [-0.1, -0.05) is 121 Å². The Balaban J connectivity index is 1.37. The summed E-state index contributed by atoms with van der Waals surface area (Å²) in [6.45, 7) is 0. The van der Waals surface area contributed by atoms with Crippen molar-refractivity contribution in [2.75, 3.05) is 0 Å². The third kappa shape index (κ3) is 3.30. The first kappa shape index (κ1) is 18.0. The Hall–Kier alpha value is -5.40. The second-order valence-corrected chi connectivity index (χ2v) is 10.5. The second kappa shape index (κ2) is 8.55. The Morgan fingerprint density at radius 1 is 0.439 bits per heavy atom. The number of fused-ring (bicyclic) bond motifs is 6. The van der Waals surface area contributed by atoms with Crippen molar-refractivity contribution < 1.29 is 11.6 Å². The van der Waals surface area contributed by atoms with Gasteiger partial charge in [0.1, 0.15) is 11.5 Å². The predicted molar refractivity (Wildman–Crippen MR) is 173 cm³/mol. The van der Waals surface area contributed by atoms with Crippen LogP contribution in [0.4, 0.5) is 0 Å². The predicted octanol–water partition coefficient (Wildman–Crippen LogP) is 11.4. The molecule has 0 fully saturated rings. The molecule has 0 saturated heterocycles. The van der Waals surface area contributed by atoms with Gasteiger partial charge in [-0.2, -0.15) is 0 Å². The summed E-state index contributed by atoms with van der Waals surface area (Å²) >= 11 is 0. The lowest BCUT2D eigenvalue weighted by Crippen LogP contribution is -1.97. The topological polar surface area (TPSA) is 9.23 Å². The zero-order valence-corrected chi connectivity index (χ0v) is 21.9. The molecule has 41 heavy (non-hydrogen) atoms. The largest absolute Gasteiger partial charge is 0.456 e. The van der Waals surface area contributed by atoms with Crippen LogP contribution in [0.15, 0.2) is 145 Å². The lowest BCUT2D eigenvalue weighted by atomic mass is 9.87. The molecule has 1 aliphatic heterocycles. The number of hydrogen-bond donors (Lipinski definition) is 0. The maximum Gasteiger partial charge on any atom is 0.135 e. The second-order valence-electron chi connectivity index (χ2n) is 10.5. The molecule has 190 valence electrons. The van der Waals surface area contributed by atoms with Crippen molar-refractivity contribution in [1.29, 1.82) is 0 Å². The molecule has 0 aliphatic carbocycles. The molecule has 1 aliphatic rings. The third-order valence-corrected chi connectivity index (χ3v) is 8.32. The number of benzene rings is 8. The Labute approximate surface area is 244 Å². The first-order chi connectivity index (χ1) is 22.4. The SMILES string of the molecule is [2H]c1c([2H])c([2H])c(-c2c3ccc(-c4ccc5c6c(cccc46)-c4ccccc4O5)cc3cc3c2ccc2ccccc23)c([2H])c1[2H]. The number of hydrogen-bond acceptors (Lipinski definition) is 1. The Morgan fingerprint density at radius 2 is 1.24 bits per heavy atom. The molecule has 0 amide bonds. The average molecular weight is 526 g/mol. The molecule has 1 nitrogen and oxygen atoms in total. The van der Waals surface area contributed by atoms with Gasteiger partial charge in [0.15, 0.2) is 0 Å². The van der Waals surface area contributed by atoms with Gasteiger partial charge >= 0.3 is 0 Å². The highest BCUT2D eigenvalue weighted by molar-refractivity contribution is 6.20. The molecule has 0 saturated carbocycles. The molecule has 0 N–H and O–H groups in total. The molecule has 9 rings (SSSR count). The van der Waals surface area contributed by atoms with Crippen LogP contribution in [0.1, 0.15) is 6.85 Å². The highest BCUT2D eigenvalue weighted by Crippen LogP contribution is 2.49. The summed E-state index contributed by atoms with van der Waals surface area (Å²) in [4.78, 5) is 0. The summed E-state index contributed by atoms with van der Waals surface area (Å²) in [5, 5.41) is 7.82. The van der Waals surface area contributed by atoms with Crippen LogP contribution < -0.4 is 4.74 Å². The van der Waals surface area contributed by atoms with E-state index in [1.54, 1.807) is 0 Å². The van der Waals surface area contributed by atoms with Gasteiger partial charge in [0.2, 0.25) is 0 Å². The molecule has 0 aromatic heterocycles. The van der Waals surface area contributed by atoms with Gasteiger partial charge in [0, 0.05) is 10.9 Å². The molecule has 8 aromatic rings. The maximum absolute atomic E-state index is 8.88. The van der Waals surface area contributed by atoms with Crippen molar-refractivity contribution in [3.8, 4) is 44.9 Å². The zero-order valence-electron chi connectivity index (χ0n) is 26.9. The minimum absolute atomic E-state index is 0.208. The summed E-state index contributed by atoms with van der Waals surface area (Å²) in [7, 11) is 0. The van der Waals surface area contributed by atoms with Crippen LogP contribution in [0.5, 0.6) is 11.5 Å². The summed E-state index contributed by atoms with van der Waals surface area (Å²) in [6, 6.07) is 37.7. The van der Waals surface area contributed by atoms with Crippen molar-refractivity contribution >= 4 is 43.1 Å². The van der Waals surface area contributed by atoms with E-state index in [0.29, 0.717) is 5.56 Å². The maximum atomic E-state index is 8.88. The van der Waals surface area contributed by atoms with E-state index in [0.717, 1.165) is 76.8 Å². The molecule has 1 heteroatoms. The van der Waals surface area contributed by atoms with Gasteiger partial charge in [-0.3, -0.25) is 0 Å². The molecule has 0 radical (unpaired) electrons. The van der Waals surface area contributed by atoms with E-state index in [1.807, 2.05) is 54.6 Å². The molecular weight excluding hydrogens is 496 g/mol. The van der Waals surface area contributed by atoms with Crippen LogP contribution in [0.25, 0.3) is 76.5 Å². The van der Waals surface area contributed by atoms with Crippen molar-refractivity contribution in [3.63, 3.8) is 0 Å². The number of para-hydroxylation sites is 1. The zero-order chi connectivity index (χ0) is 31.3. The molecular formula is C40H24O. The van der Waals surface area contributed by atoms with E-state index >= 15 is 0 Å².